The van der Waals surface area contributed by atoms with Gasteiger partial charge in [-0.1, -0.05) is 6.92 Å². The molecule has 1 fully saturated rings. The summed E-state index contributed by atoms with van der Waals surface area (Å²) in [5.41, 5.74) is 2.22. The first-order valence-electron chi connectivity index (χ1n) is 11.9. The lowest BCUT2D eigenvalue weighted by Gasteiger charge is -2.34. The number of aromatic amines is 1. The van der Waals surface area contributed by atoms with Crippen LogP contribution in [-0.2, 0) is 0 Å². The van der Waals surface area contributed by atoms with Gasteiger partial charge >= 0.3 is 0 Å². The van der Waals surface area contributed by atoms with Crippen LogP contribution in [0.5, 0.6) is 5.75 Å². The molecule has 34 heavy (non-hydrogen) atoms. The molecule has 1 aliphatic heterocycles. The second kappa shape index (κ2) is 10.2. The van der Waals surface area contributed by atoms with Gasteiger partial charge in [0.15, 0.2) is 0 Å². The van der Waals surface area contributed by atoms with E-state index in [0.717, 1.165) is 57.1 Å². The Labute approximate surface area is 199 Å². The standard InChI is InChI=1S/C26H33N5O3/c1-4-12-30(5-2)19-8-6-18(7-9-19)27-25(33)23-24(32)21-11-10-20(17-22(21)28-26(23)34)31-15-13-29(3)14-16-31/h6-11,17H,4-5,12-16H2,1-3H3,(H,27,33)(H2,28,32,34). The fourth-order valence-corrected chi connectivity index (χ4v) is 4.43. The fraction of sp³-hybridized carbons (Fsp3) is 0.385. The molecular formula is C26H33N5O3. The molecule has 0 aliphatic carbocycles. The van der Waals surface area contributed by atoms with Gasteiger partial charge in [-0.25, -0.2) is 0 Å². The van der Waals surface area contributed by atoms with Gasteiger partial charge in [-0.05, 0) is 62.9 Å². The summed E-state index contributed by atoms with van der Waals surface area (Å²) in [5, 5.41) is 14.0. The highest BCUT2D eigenvalue weighted by molar-refractivity contribution is 6.09. The Morgan fingerprint density at radius 3 is 2.44 bits per heavy atom. The predicted octanol–water partition coefficient (Wildman–Crippen LogP) is 3.47. The number of aromatic hydroxyl groups is 1. The van der Waals surface area contributed by atoms with Crippen LogP contribution in [0, 0.1) is 0 Å². The fourth-order valence-electron chi connectivity index (χ4n) is 4.43. The SMILES string of the molecule is CCCN(CC)c1ccc(NC(=O)c2c(O)c3ccc(N4CCN(C)CC4)cc3[nH]c2=O)cc1. The maximum atomic E-state index is 12.9. The van der Waals surface area contributed by atoms with E-state index in [1.807, 2.05) is 24.3 Å². The van der Waals surface area contributed by atoms with Crippen LogP contribution in [0.4, 0.5) is 17.1 Å². The number of benzene rings is 2. The molecule has 180 valence electrons. The van der Waals surface area contributed by atoms with E-state index < -0.39 is 11.5 Å². The van der Waals surface area contributed by atoms with Gasteiger partial charge in [0.05, 0.1) is 5.52 Å². The smallest absolute Gasteiger partial charge is 0.265 e. The third-order valence-corrected chi connectivity index (χ3v) is 6.43. The van der Waals surface area contributed by atoms with Crippen molar-refractivity contribution in [2.45, 2.75) is 20.3 Å². The number of nitrogens with zero attached hydrogens (tertiary/aromatic N) is 3. The summed E-state index contributed by atoms with van der Waals surface area (Å²) in [6.45, 7) is 9.82. The Hall–Kier alpha value is -3.52. The molecule has 8 heteroatoms. The average Bonchev–Trinajstić information content (AvgIpc) is 2.83. The van der Waals surface area contributed by atoms with E-state index in [2.05, 4.69) is 45.9 Å². The number of carbonyl (C=O) groups excluding carboxylic acids is 1. The largest absolute Gasteiger partial charge is 0.506 e. The van der Waals surface area contributed by atoms with E-state index in [-0.39, 0.29) is 11.3 Å². The number of amides is 1. The number of carbonyl (C=O) groups is 1. The molecule has 0 bridgehead atoms. The van der Waals surface area contributed by atoms with Crippen molar-refractivity contribution in [1.82, 2.24) is 9.88 Å². The molecule has 1 saturated heterocycles. The minimum absolute atomic E-state index is 0.287. The minimum Gasteiger partial charge on any atom is -0.506 e. The van der Waals surface area contributed by atoms with Crippen molar-refractivity contribution in [3.8, 4) is 5.75 Å². The van der Waals surface area contributed by atoms with Gasteiger partial charge in [0.25, 0.3) is 11.5 Å². The van der Waals surface area contributed by atoms with E-state index >= 15 is 0 Å². The summed E-state index contributed by atoms with van der Waals surface area (Å²) in [6, 6.07) is 13.0. The van der Waals surface area contributed by atoms with Gasteiger partial charge in [-0.15, -0.1) is 0 Å². The highest BCUT2D eigenvalue weighted by atomic mass is 16.3. The normalized spacial score (nSPS) is 14.4. The zero-order chi connectivity index (χ0) is 24.2. The van der Waals surface area contributed by atoms with Crippen LogP contribution in [-0.4, -0.2) is 67.2 Å². The predicted molar refractivity (Wildman–Crippen MR) is 139 cm³/mol. The number of pyridine rings is 1. The van der Waals surface area contributed by atoms with Gasteiger partial charge < -0.3 is 30.1 Å². The van der Waals surface area contributed by atoms with Crippen LogP contribution >= 0.6 is 0 Å². The molecule has 1 amide bonds. The molecule has 8 nitrogen and oxygen atoms in total. The van der Waals surface area contributed by atoms with Crippen LogP contribution in [0.15, 0.2) is 47.3 Å². The van der Waals surface area contributed by atoms with Crippen LogP contribution in [0.1, 0.15) is 30.6 Å². The third-order valence-electron chi connectivity index (χ3n) is 6.43. The molecule has 0 spiro atoms. The van der Waals surface area contributed by atoms with Crippen LogP contribution < -0.4 is 20.7 Å². The molecule has 1 aromatic heterocycles. The van der Waals surface area contributed by atoms with Crippen molar-refractivity contribution >= 4 is 33.9 Å². The van der Waals surface area contributed by atoms with Gasteiger partial charge in [-0.2, -0.15) is 0 Å². The molecule has 0 saturated carbocycles. The Morgan fingerprint density at radius 2 is 1.79 bits per heavy atom. The quantitative estimate of drug-likeness (QED) is 0.497. The summed E-state index contributed by atoms with van der Waals surface area (Å²) in [6.07, 6.45) is 1.05. The van der Waals surface area contributed by atoms with Gasteiger partial charge in [-0.3, -0.25) is 9.59 Å². The highest BCUT2D eigenvalue weighted by Crippen LogP contribution is 2.29. The average molecular weight is 464 g/mol. The molecule has 0 radical (unpaired) electrons. The first kappa shape index (κ1) is 23.6. The van der Waals surface area contributed by atoms with Crippen molar-refractivity contribution < 1.29 is 9.90 Å². The summed E-state index contributed by atoms with van der Waals surface area (Å²) in [5.74, 6) is -0.949. The maximum absolute atomic E-state index is 12.9. The number of hydrogen-bond acceptors (Lipinski definition) is 6. The number of nitrogens with one attached hydrogen (secondary N) is 2. The van der Waals surface area contributed by atoms with E-state index in [1.54, 1.807) is 18.2 Å². The molecule has 0 unspecified atom stereocenters. The van der Waals surface area contributed by atoms with Crippen molar-refractivity contribution in [2.24, 2.45) is 0 Å². The molecular weight excluding hydrogens is 430 g/mol. The van der Waals surface area contributed by atoms with Crippen molar-refractivity contribution in [3.05, 3.63) is 58.4 Å². The molecule has 0 atom stereocenters. The number of piperazine rings is 1. The van der Waals surface area contributed by atoms with Gasteiger partial charge in [0.2, 0.25) is 0 Å². The Kier molecular flexibility index (Phi) is 7.07. The Morgan fingerprint density at radius 1 is 1.09 bits per heavy atom. The minimum atomic E-state index is -0.641. The summed E-state index contributed by atoms with van der Waals surface area (Å²) in [7, 11) is 2.10. The lowest BCUT2D eigenvalue weighted by Crippen LogP contribution is -2.44. The summed E-state index contributed by atoms with van der Waals surface area (Å²) >= 11 is 0. The van der Waals surface area contributed by atoms with Gasteiger partial charge in [0, 0.05) is 61.7 Å². The number of H-pyrrole nitrogens is 1. The van der Waals surface area contributed by atoms with Crippen LogP contribution in [0.3, 0.4) is 0 Å². The van der Waals surface area contributed by atoms with Crippen LogP contribution in [0.25, 0.3) is 10.9 Å². The molecule has 3 N–H and O–H groups in total. The molecule has 1 aliphatic rings. The Balaban J connectivity index is 1.56. The molecule has 3 aromatic rings. The van der Waals surface area contributed by atoms with Crippen molar-refractivity contribution in [2.75, 3.05) is 61.4 Å². The molecule has 2 aromatic carbocycles. The topological polar surface area (TPSA) is 91.9 Å². The van der Waals surface area contributed by atoms with E-state index in [1.165, 1.54) is 0 Å². The number of hydrogen-bond donors (Lipinski definition) is 3. The summed E-state index contributed by atoms with van der Waals surface area (Å²) in [4.78, 5) is 35.2. The van der Waals surface area contributed by atoms with Crippen molar-refractivity contribution in [1.29, 1.82) is 0 Å². The zero-order valence-electron chi connectivity index (χ0n) is 20.1. The first-order valence-corrected chi connectivity index (χ1v) is 11.9. The van der Waals surface area contributed by atoms with E-state index in [0.29, 0.717) is 16.6 Å². The number of aromatic nitrogens is 1. The highest BCUT2D eigenvalue weighted by Gasteiger charge is 2.21. The lowest BCUT2D eigenvalue weighted by atomic mass is 10.1. The first-order chi connectivity index (χ1) is 16.4. The van der Waals surface area contributed by atoms with E-state index in [9.17, 15) is 14.7 Å². The lowest BCUT2D eigenvalue weighted by molar-refractivity contribution is 0.102. The molecule has 2 heterocycles. The summed E-state index contributed by atoms with van der Waals surface area (Å²) < 4.78 is 0. The van der Waals surface area contributed by atoms with Crippen LogP contribution in [0.2, 0.25) is 0 Å². The third kappa shape index (κ3) is 4.87. The monoisotopic (exact) mass is 463 g/mol. The Bertz CT molecular complexity index is 1210. The van der Waals surface area contributed by atoms with Gasteiger partial charge in [0.1, 0.15) is 11.3 Å². The number of likely N-dealkylation sites (N-methyl/N-ethyl adjacent to an activating group) is 1. The van der Waals surface area contributed by atoms with Crippen molar-refractivity contribution in [3.63, 3.8) is 0 Å². The second-order valence-electron chi connectivity index (χ2n) is 8.78. The number of anilines is 3. The number of rotatable bonds is 7. The maximum Gasteiger partial charge on any atom is 0.265 e. The van der Waals surface area contributed by atoms with E-state index in [4.69, 9.17) is 0 Å². The second-order valence-corrected chi connectivity index (χ2v) is 8.78. The molecule has 4 rings (SSSR count). The number of fused-ring (bicyclic) bond motifs is 1. The zero-order valence-corrected chi connectivity index (χ0v) is 20.1.